The molecule has 0 saturated carbocycles. The fourth-order valence-electron chi connectivity index (χ4n) is 4.11. The summed E-state index contributed by atoms with van der Waals surface area (Å²) >= 11 is 6.03. The third kappa shape index (κ3) is 4.29. The van der Waals surface area contributed by atoms with Crippen LogP contribution in [0.25, 0.3) is 0 Å². The van der Waals surface area contributed by atoms with Crippen LogP contribution in [0.3, 0.4) is 0 Å². The monoisotopic (exact) mass is 374 g/mol. The Morgan fingerprint density at radius 3 is 2.35 bits per heavy atom. The molecule has 0 radical (unpaired) electrons. The zero-order valence-corrected chi connectivity index (χ0v) is 16.0. The van der Waals surface area contributed by atoms with Crippen molar-refractivity contribution in [1.82, 2.24) is 9.80 Å². The Morgan fingerprint density at radius 2 is 1.69 bits per heavy atom. The second-order valence-corrected chi connectivity index (χ2v) is 7.69. The summed E-state index contributed by atoms with van der Waals surface area (Å²) in [7, 11) is 0. The minimum absolute atomic E-state index is 0.0109. The minimum atomic E-state index is -0.0373. The molecule has 2 aliphatic rings. The average Bonchev–Trinajstić information content (AvgIpc) is 2.93. The van der Waals surface area contributed by atoms with E-state index in [0.29, 0.717) is 13.1 Å². The first kappa shape index (κ1) is 19.0. The Bertz CT molecular complexity index is 650. The Kier molecular flexibility index (Phi) is 6.36. The van der Waals surface area contributed by atoms with Gasteiger partial charge in [0.15, 0.2) is 0 Å². The van der Waals surface area contributed by atoms with Crippen LogP contribution < -0.4 is 0 Å². The van der Waals surface area contributed by atoms with Gasteiger partial charge in [-0.3, -0.25) is 9.59 Å². The molecule has 2 amide bonds. The van der Waals surface area contributed by atoms with Crippen LogP contribution in [-0.4, -0.2) is 41.2 Å². The van der Waals surface area contributed by atoms with Crippen molar-refractivity contribution in [3.63, 3.8) is 0 Å². The van der Waals surface area contributed by atoms with Crippen molar-refractivity contribution in [2.45, 2.75) is 44.6 Å². The van der Waals surface area contributed by atoms with Crippen LogP contribution in [-0.2, 0) is 9.59 Å². The van der Waals surface area contributed by atoms with E-state index >= 15 is 0 Å². The zero-order valence-electron chi connectivity index (χ0n) is 15.2. The normalized spacial score (nSPS) is 22.0. The van der Waals surface area contributed by atoms with E-state index in [1.165, 1.54) is 18.1 Å². The molecule has 0 aliphatic carbocycles. The maximum Gasteiger partial charge on any atom is 0.245 e. The number of benzene rings is 1. The van der Waals surface area contributed by atoms with E-state index in [9.17, 15) is 9.59 Å². The fourth-order valence-corrected chi connectivity index (χ4v) is 4.24. The van der Waals surface area contributed by atoms with E-state index in [1.54, 1.807) is 4.90 Å². The van der Waals surface area contributed by atoms with Crippen molar-refractivity contribution in [3.05, 3.63) is 47.5 Å². The number of nitrogens with zero attached hydrogens (tertiary/aromatic N) is 2. The smallest absolute Gasteiger partial charge is 0.245 e. The molecule has 2 aliphatic heterocycles. The second-order valence-electron chi connectivity index (χ2n) is 7.25. The van der Waals surface area contributed by atoms with Crippen LogP contribution in [0, 0.1) is 5.92 Å². The maximum absolute atomic E-state index is 13.3. The number of hydrogen-bond acceptors (Lipinski definition) is 2. The third-order valence-electron chi connectivity index (χ3n) is 5.62. The molecule has 0 aromatic heterocycles. The molecule has 1 unspecified atom stereocenters. The number of carbonyl (C=O) groups excluding carboxylic acids is 2. The molecule has 4 nitrogen and oxygen atoms in total. The third-order valence-corrected chi connectivity index (χ3v) is 5.87. The van der Waals surface area contributed by atoms with Crippen LogP contribution in [0.5, 0.6) is 0 Å². The second kappa shape index (κ2) is 8.72. The summed E-state index contributed by atoms with van der Waals surface area (Å²) in [5.41, 5.74) is 1.17. The van der Waals surface area contributed by atoms with E-state index in [1.807, 2.05) is 24.3 Å². The summed E-state index contributed by atoms with van der Waals surface area (Å²) in [5, 5.41) is 0.722. The molecule has 2 saturated heterocycles. The van der Waals surface area contributed by atoms with Crippen LogP contribution in [0.4, 0.5) is 0 Å². The number of rotatable bonds is 3. The first-order valence-electron chi connectivity index (χ1n) is 9.57. The molecule has 0 bridgehead atoms. The summed E-state index contributed by atoms with van der Waals surface area (Å²) in [6, 6.07) is 8.04. The summed E-state index contributed by atoms with van der Waals surface area (Å²) in [6.07, 6.45) is 7.20. The highest BCUT2D eigenvalue weighted by molar-refractivity contribution is 6.30. The summed E-state index contributed by atoms with van der Waals surface area (Å²) < 4.78 is 0. The van der Waals surface area contributed by atoms with Gasteiger partial charge in [0.2, 0.25) is 11.8 Å². The van der Waals surface area contributed by atoms with Crippen molar-refractivity contribution in [3.8, 4) is 0 Å². The van der Waals surface area contributed by atoms with Gasteiger partial charge >= 0.3 is 0 Å². The first-order chi connectivity index (χ1) is 12.6. The molecule has 3 rings (SSSR count). The van der Waals surface area contributed by atoms with Gasteiger partial charge in [-0.05, 0) is 49.5 Å². The van der Waals surface area contributed by atoms with Gasteiger partial charge in [-0.25, -0.2) is 0 Å². The van der Waals surface area contributed by atoms with E-state index in [-0.39, 0.29) is 23.8 Å². The number of amides is 2. The molecule has 2 fully saturated rings. The molecular formula is C21H27ClN2O2. The lowest BCUT2D eigenvalue weighted by molar-refractivity contribution is -0.141. The number of halogens is 1. The van der Waals surface area contributed by atoms with E-state index in [0.717, 1.165) is 43.7 Å². The van der Waals surface area contributed by atoms with Crippen molar-refractivity contribution in [2.24, 2.45) is 5.92 Å². The predicted molar refractivity (Wildman–Crippen MR) is 104 cm³/mol. The molecule has 0 spiro atoms. The Morgan fingerprint density at radius 1 is 1.00 bits per heavy atom. The van der Waals surface area contributed by atoms with Gasteiger partial charge in [-0.1, -0.05) is 43.2 Å². The number of carbonyl (C=O) groups is 2. The highest BCUT2D eigenvalue weighted by atomic mass is 35.5. The largest absolute Gasteiger partial charge is 0.339 e. The SMILES string of the molecule is C=CC(=O)N1CCC(C(=O)N2CCCCCC2c2ccc(Cl)cc2)CC1. The lowest BCUT2D eigenvalue weighted by Crippen LogP contribution is -2.45. The lowest BCUT2D eigenvalue weighted by atomic mass is 9.93. The van der Waals surface area contributed by atoms with Crippen LogP contribution in [0.1, 0.15) is 50.1 Å². The van der Waals surface area contributed by atoms with Gasteiger partial charge < -0.3 is 9.80 Å². The summed E-state index contributed by atoms with van der Waals surface area (Å²) in [4.78, 5) is 28.9. The first-order valence-corrected chi connectivity index (χ1v) is 9.95. The lowest BCUT2D eigenvalue weighted by Gasteiger charge is -2.37. The standard InChI is InChI=1S/C21H27ClN2O2/c1-2-20(25)23-14-11-17(12-15-23)21(26)24-13-5-3-4-6-19(24)16-7-9-18(22)10-8-16/h2,7-10,17,19H,1,3-6,11-15H2. The molecule has 0 N–H and O–H groups in total. The highest BCUT2D eigenvalue weighted by Gasteiger charge is 2.33. The van der Waals surface area contributed by atoms with Gasteiger partial charge in [0.05, 0.1) is 6.04 Å². The Balaban J connectivity index is 1.72. The molecule has 26 heavy (non-hydrogen) atoms. The molecular weight excluding hydrogens is 348 g/mol. The van der Waals surface area contributed by atoms with E-state index < -0.39 is 0 Å². The van der Waals surface area contributed by atoms with Gasteiger partial charge in [-0.2, -0.15) is 0 Å². The molecule has 1 aromatic carbocycles. The topological polar surface area (TPSA) is 40.6 Å². The summed E-state index contributed by atoms with van der Waals surface area (Å²) in [6.45, 7) is 5.64. The van der Waals surface area contributed by atoms with Crippen LogP contribution >= 0.6 is 11.6 Å². The van der Waals surface area contributed by atoms with Crippen molar-refractivity contribution in [1.29, 1.82) is 0 Å². The van der Waals surface area contributed by atoms with Crippen molar-refractivity contribution >= 4 is 23.4 Å². The fraction of sp³-hybridized carbons (Fsp3) is 0.524. The maximum atomic E-state index is 13.3. The Labute approximate surface area is 160 Å². The quantitative estimate of drug-likeness (QED) is 0.743. The predicted octanol–water partition coefficient (Wildman–Crippen LogP) is 4.21. The van der Waals surface area contributed by atoms with Gasteiger partial charge in [0, 0.05) is 30.6 Å². The number of likely N-dealkylation sites (tertiary alicyclic amines) is 2. The molecule has 5 heteroatoms. The number of piperidine rings is 1. The van der Waals surface area contributed by atoms with Crippen molar-refractivity contribution in [2.75, 3.05) is 19.6 Å². The molecule has 2 heterocycles. The van der Waals surface area contributed by atoms with Crippen LogP contribution in [0.2, 0.25) is 5.02 Å². The van der Waals surface area contributed by atoms with E-state index in [2.05, 4.69) is 11.5 Å². The summed E-state index contributed by atoms with van der Waals surface area (Å²) in [5.74, 6) is 0.221. The zero-order chi connectivity index (χ0) is 18.5. The average molecular weight is 375 g/mol. The highest BCUT2D eigenvalue weighted by Crippen LogP contribution is 2.33. The Hall–Kier alpha value is -1.81. The van der Waals surface area contributed by atoms with Gasteiger partial charge in [0.1, 0.15) is 0 Å². The van der Waals surface area contributed by atoms with Crippen molar-refractivity contribution < 1.29 is 9.59 Å². The van der Waals surface area contributed by atoms with Gasteiger partial charge in [-0.15, -0.1) is 0 Å². The number of hydrogen-bond donors (Lipinski definition) is 0. The van der Waals surface area contributed by atoms with Crippen LogP contribution in [0.15, 0.2) is 36.9 Å². The molecule has 1 aromatic rings. The van der Waals surface area contributed by atoms with Gasteiger partial charge in [0.25, 0.3) is 0 Å². The molecule has 140 valence electrons. The van der Waals surface area contributed by atoms with E-state index in [4.69, 9.17) is 11.6 Å². The molecule has 1 atom stereocenters. The minimum Gasteiger partial charge on any atom is -0.339 e.